The van der Waals surface area contributed by atoms with Crippen LogP contribution >= 0.6 is 0 Å². The first-order valence-electron chi connectivity index (χ1n) is 5.90. The van der Waals surface area contributed by atoms with Crippen LogP contribution in [-0.2, 0) is 4.79 Å². The maximum atomic E-state index is 11.7. The molecule has 0 spiro atoms. The molecule has 1 saturated heterocycles. The Kier molecular flexibility index (Phi) is 3.22. The van der Waals surface area contributed by atoms with E-state index in [1.807, 2.05) is 19.9 Å². The number of phenolic OH excluding ortho intramolecular Hbond substituents is 1. The summed E-state index contributed by atoms with van der Waals surface area (Å²) in [6, 6.07) is 3.55. The van der Waals surface area contributed by atoms with Gasteiger partial charge in [-0.1, -0.05) is 0 Å². The smallest absolute Gasteiger partial charge is 0.227 e. The Balaban J connectivity index is 2.38. The van der Waals surface area contributed by atoms with E-state index in [9.17, 15) is 9.90 Å². The average Bonchev–Trinajstić information content (AvgIpc) is 2.71. The van der Waals surface area contributed by atoms with E-state index in [2.05, 4.69) is 0 Å². The lowest BCUT2D eigenvalue weighted by Crippen LogP contribution is -2.23. The van der Waals surface area contributed by atoms with Crippen LogP contribution in [-0.4, -0.2) is 24.2 Å². The molecule has 1 N–H and O–H groups in total. The maximum absolute atomic E-state index is 11.7. The number of carbonyl (C=O) groups excluding carboxylic acids is 1. The summed E-state index contributed by atoms with van der Waals surface area (Å²) < 4.78 is 5.36. The van der Waals surface area contributed by atoms with Crippen LogP contribution in [0.4, 0.5) is 5.69 Å². The van der Waals surface area contributed by atoms with Crippen LogP contribution in [0.2, 0.25) is 0 Å². The summed E-state index contributed by atoms with van der Waals surface area (Å²) >= 11 is 0. The van der Waals surface area contributed by atoms with E-state index in [1.165, 1.54) is 0 Å². The third kappa shape index (κ3) is 2.20. The fraction of sp³-hybridized carbons (Fsp3) is 0.462. The zero-order valence-corrected chi connectivity index (χ0v) is 10.2. The molecule has 0 bridgehead atoms. The summed E-state index contributed by atoms with van der Waals surface area (Å²) in [4.78, 5) is 13.4. The Morgan fingerprint density at radius 3 is 2.82 bits per heavy atom. The zero-order chi connectivity index (χ0) is 12.4. The Morgan fingerprint density at radius 1 is 1.47 bits per heavy atom. The summed E-state index contributed by atoms with van der Waals surface area (Å²) in [5.74, 6) is 0.738. The standard InChI is InChI=1S/C13H17NO3/c1-3-17-11-8-10(7-9(2)13(11)16)14-6-4-5-12(14)15/h7-8,16H,3-6H2,1-2H3. The third-order valence-electron chi connectivity index (χ3n) is 2.94. The summed E-state index contributed by atoms with van der Waals surface area (Å²) in [6.07, 6.45) is 1.49. The molecule has 1 aliphatic rings. The first kappa shape index (κ1) is 11.8. The van der Waals surface area contributed by atoms with Gasteiger partial charge in [0.15, 0.2) is 11.5 Å². The van der Waals surface area contributed by atoms with Crippen LogP contribution in [0.15, 0.2) is 12.1 Å². The minimum atomic E-state index is 0.137. The molecule has 0 saturated carbocycles. The van der Waals surface area contributed by atoms with Crippen LogP contribution in [0.3, 0.4) is 0 Å². The molecule has 4 nitrogen and oxygen atoms in total. The van der Waals surface area contributed by atoms with Crippen molar-refractivity contribution in [3.8, 4) is 11.5 Å². The number of benzene rings is 1. The summed E-state index contributed by atoms with van der Waals surface area (Å²) in [5.41, 5.74) is 1.54. The topological polar surface area (TPSA) is 49.8 Å². The Hall–Kier alpha value is -1.71. The van der Waals surface area contributed by atoms with Gasteiger partial charge in [0.05, 0.1) is 6.61 Å². The van der Waals surface area contributed by atoms with E-state index >= 15 is 0 Å². The van der Waals surface area contributed by atoms with Crippen molar-refractivity contribution in [3.63, 3.8) is 0 Å². The lowest BCUT2D eigenvalue weighted by atomic mass is 10.1. The van der Waals surface area contributed by atoms with Gasteiger partial charge in [0, 0.05) is 24.7 Å². The third-order valence-corrected chi connectivity index (χ3v) is 2.94. The minimum absolute atomic E-state index is 0.137. The summed E-state index contributed by atoms with van der Waals surface area (Å²) in [5, 5.41) is 9.83. The molecule has 1 heterocycles. The number of ether oxygens (including phenoxy) is 1. The van der Waals surface area contributed by atoms with Gasteiger partial charge in [0.1, 0.15) is 0 Å². The molecule has 0 atom stereocenters. The summed E-state index contributed by atoms with van der Waals surface area (Å²) in [7, 11) is 0. The second-order valence-corrected chi connectivity index (χ2v) is 4.19. The number of carbonyl (C=O) groups is 1. The molecular weight excluding hydrogens is 218 g/mol. The molecule has 1 fully saturated rings. The fourth-order valence-electron chi connectivity index (χ4n) is 2.07. The minimum Gasteiger partial charge on any atom is -0.504 e. The Labute approximate surface area is 101 Å². The van der Waals surface area contributed by atoms with Crippen LogP contribution in [0.1, 0.15) is 25.3 Å². The molecule has 1 aliphatic heterocycles. The number of hydrogen-bond acceptors (Lipinski definition) is 3. The second kappa shape index (κ2) is 4.65. The molecular formula is C13H17NO3. The largest absolute Gasteiger partial charge is 0.504 e. The number of aryl methyl sites for hydroxylation is 1. The predicted octanol–water partition coefficient (Wildman–Crippen LogP) is 2.23. The van der Waals surface area contributed by atoms with E-state index < -0.39 is 0 Å². The van der Waals surface area contributed by atoms with Crippen molar-refractivity contribution in [2.45, 2.75) is 26.7 Å². The van der Waals surface area contributed by atoms with Gasteiger partial charge < -0.3 is 14.7 Å². The van der Waals surface area contributed by atoms with E-state index in [1.54, 1.807) is 11.0 Å². The highest BCUT2D eigenvalue weighted by Gasteiger charge is 2.23. The number of phenols is 1. The number of aromatic hydroxyl groups is 1. The highest BCUT2D eigenvalue weighted by atomic mass is 16.5. The van der Waals surface area contributed by atoms with Crippen molar-refractivity contribution >= 4 is 11.6 Å². The number of hydrogen-bond donors (Lipinski definition) is 1. The zero-order valence-electron chi connectivity index (χ0n) is 10.2. The molecule has 1 aromatic carbocycles. The number of rotatable bonds is 3. The van der Waals surface area contributed by atoms with Crippen LogP contribution in [0.5, 0.6) is 11.5 Å². The molecule has 17 heavy (non-hydrogen) atoms. The van der Waals surface area contributed by atoms with Crippen molar-refractivity contribution in [2.24, 2.45) is 0 Å². The van der Waals surface area contributed by atoms with Crippen LogP contribution < -0.4 is 9.64 Å². The molecule has 92 valence electrons. The van der Waals surface area contributed by atoms with Crippen molar-refractivity contribution in [3.05, 3.63) is 17.7 Å². The number of nitrogens with zero attached hydrogens (tertiary/aromatic N) is 1. The van der Waals surface area contributed by atoms with Gasteiger partial charge in [-0.15, -0.1) is 0 Å². The van der Waals surface area contributed by atoms with Crippen LogP contribution in [0, 0.1) is 6.92 Å². The van der Waals surface area contributed by atoms with E-state index in [4.69, 9.17) is 4.74 Å². The van der Waals surface area contributed by atoms with Gasteiger partial charge in [-0.05, 0) is 31.9 Å². The van der Waals surface area contributed by atoms with Crippen LogP contribution in [0.25, 0.3) is 0 Å². The van der Waals surface area contributed by atoms with E-state index in [-0.39, 0.29) is 11.7 Å². The SMILES string of the molecule is CCOc1cc(N2CCCC2=O)cc(C)c1O. The Morgan fingerprint density at radius 2 is 2.24 bits per heavy atom. The number of amides is 1. The van der Waals surface area contributed by atoms with Crippen molar-refractivity contribution in [2.75, 3.05) is 18.1 Å². The highest BCUT2D eigenvalue weighted by molar-refractivity contribution is 5.95. The molecule has 0 radical (unpaired) electrons. The van der Waals surface area contributed by atoms with Crippen molar-refractivity contribution in [1.82, 2.24) is 0 Å². The van der Waals surface area contributed by atoms with E-state index in [0.29, 0.717) is 18.8 Å². The molecule has 4 heteroatoms. The molecule has 1 amide bonds. The Bertz CT molecular complexity index is 443. The van der Waals surface area contributed by atoms with Crippen molar-refractivity contribution < 1.29 is 14.6 Å². The lowest BCUT2D eigenvalue weighted by Gasteiger charge is -2.18. The second-order valence-electron chi connectivity index (χ2n) is 4.19. The quantitative estimate of drug-likeness (QED) is 0.874. The molecule has 1 aromatic rings. The highest BCUT2D eigenvalue weighted by Crippen LogP contribution is 2.35. The van der Waals surface area contributed by atoms with Gasteiger partial charge >= 0.3 is 0 Å². The normalized spacial score (nSPS) is 15.4. The molecule has 2 rings (SSSR count). The van der Waals surface area contributed by atoms with Gasteiger partial charge in [-0.3, -0.25) is 4.79 Å². The predicted molar refractivity (Wildman–Crippen MR) is 65.6 cm³/mol. The fourth-order valence-corrected chi connectivity index (χ4v) is 2.07. The van der Waals surface area contributed by atoms with Gasteiger partial charge in [0.25, 0.3) is 0 Å². The number of anilines is 1. The van der Waals surface area contributed by atoms with Gasteiger partial charge in [-0.25, -0.2) is 0 Å². The van der Waals surface area contributed by atoms with Crippen molar-refractivity contribution in [1.29, 1.82) is 0 Å². The van der Waals surface area contributed by atoms with Gasteiger partial charge in [-0.2, -0.15) is 0 Å². The monoisotopic (exact) mass is 235 g/mol. The first-order chi connectivity index (χ1) is 8.13. The molecule has 0 aromatic heterocycles. The van der Waals surface area contributed by atoms with Gasteiger partial charge in [0.2, 0.25) is 5.91 Å². The summed E-state index contributed by atoms with van der Waals surface area (Å²) in [6.45, 7) is 4.91. The molecule has 0 aliphatic carbocycles. The first-order valence-corrected chi connectivity index (χ1v) is 5.90. The maximum Gasteiger partial charge on any atom is 0.227 e. The lowest BCUT2D eigenvalue weighted by molar-refractivity contribution is -0.117. The average molecular weight is 235 g/mol. The molecule has 0 unspecified atom stereocenters. The van der Waals surface area contributed by atoms with E-state index in [0.717, 1.165) is 24.2 Å².